The van der Waals surface area contributed by atoms with Crippen LogP contribution in [0.2, 0.25) is 0 Å². The van der Waals surface area contributed by atoms with Crippen LogP contribution in [0.4, 0.5) is 14.8 Å². The van der Waals surface area contributed by atoms with E-state index in [0.29, 0.717) is 12.6 Å². The number of nitrogens with zero attached hydrogens (tertiary/aromatic N) is 3. The van der Waals surface area contributed by atoms with Gasteiger partial charge in [0.25, 0.3) is 6.01 Å². The fourth-order valence-electron chi connectivity index (χ4n) is 4.77. The van der Waals surface area contributed by atoms with E-state index in [-0.39, 0.29) is 5.41 Å². The summed E-state index contributed by atoms with van der Waals surface area (Å²) in [6.07, 6.45) is 3.39. The highest BCUT2D eigenvalue weighted by Gasteiger charge is 2.42. The summed E-state index contributed by atoms with van der Waals surface area (Å²) in [6.45, 7) is 4.47. The number of fused-ring (bicyclic) bond motifs is 1. The van der Waals surface area contributed by atoms with Gasteiger partial charge in [-0.2, -0.15) is 4.98 Å². The molecule has 3 aromatic rings. The van der Waals surface area contributed by atoms with Gasteiger partial charge in [-0.3, -0.25) is 4.90 Å². The van der Waals surface area contributed by atoms with E-state index in [1.807, 2.05) is 24.3 Å². The Morgan fingerprint density at radius 1 is 1.00 bits per heavy atom. The second-order valence-corrected chi connectivity index (χ2v) is 8.20. The van der Waals surface area contributed by atoms with Gasteiger partial charge in [0.05, 0.1) is 0 Å². The van der Waals surface area contributed by atoms with Gasteiger partial charge in [0, 0.05) is 31.6 Å². The number of aromatic nitrogens is 1. The normalized spacial score (nSPS) is 23.1. The lowest BCUT2D eigenvalue weighted by molar-refractivity contribution is 0.0988. The minimum Gasteiger partial charge on any atom is -0.423 e. The quantitative estimate of drug-likeness (QED) is 0.662. The standard InChI is InChI=1S/C22H23F2N3O/c23-17-7-6-16(12-18(17)24)13-26-10-3-8-22(14-26)9-11-27(15-22)21-25-19-4-1-2-5-20(19)28-21/h1-2,4-7,12H,3,8-11,13-15H2/t22-/m1/s1. The number of oxazole rings is 1. The minimum atomic E-state index is -0.788. The summed E-state index contributed by atoms with van der Waals surface area (Å²) < 4.78 is 32.7. The lowest BCUT2D eigenvalue weighted by Crippen LogP contribution is -2.44. The Balaban J connectivity index is 1.29. The average molecular weight is 383 g/mol. The summed E-state index contributed by atoms with van der Waals surface area (Å²) >= 11 is 0. The van der Waals surface area contributed by atoms with Crippen LogP contribution < -0.4 is 4.90 Å². The summed E-state index contributed by atoms with van der Waals surface area (Å²) in [5.41, 5.74) is 2.74. The first-order chi connectivity index (χ1) is 13.6. The smallest absolute Gasteiger partial charge is 0.298 e. The first kappa shape index (κ1) is 17.6. The Bertz CT molecular complexity index is 971. The number of anilines is 1. The predicted octanol–water partition coefficient (Wildman–Crippen LogP) is 4.60. The third-order valence-corrected chi connectivity index (χ3v) is 6.12. The van der Waals surface area contributed by atoms with Crippen molar-refractivity contribution in [2.45, 2.75) is 25.8 Å². The van der Waals surface area contributed by atoms with E-state index >= 15 is 0 Å². The van der Waals surface area contributed by atoms with Gasteiger partial charge in [0.15, 0.2) is 17.2 Å². The molecule has 6 heteroatoms. The topological polar surface area (TPSA) is 32.5 Å². The second kappa shape index (κ2) is 6.85. The molecule has 1 atom stereocenters. The van der Waals surface area contributed by atoms with Gasteiger partial charge in [-0.1, -0.05) is 18.2 Å². The van der Waals surface area contributed by atoms with Crippen molar-refractivity contribution in [2.75, 3.05) is 31.1 Å². The minimum absolute atomic E-state index is 0.206. The number of piperidine rings is 1. The van der Waals surface area contributed by atoms with Crippen LogP contribution in [0.15, 0.2) is 46.9 Å². The Morgan fingerprint density at radius 3 is 2.75 bits per heavy atom. The SMILES string of the molecule is Fc1ccc(CN2CCC[C@@]3(CCN(c4nc5ccccc5o4)C3)C2)cc1F. The van der Waals surface area contributed by atoms with E-state index in [1.165, 1.54) is 18.6 Å². The van der Waals surface area contributed by atoms with E-state index in [2.05, 4.69) is 14.8 Å². The van der Waals surface area contributed by atoms with Crippen molar-refractivity contribution in [1.29, 1.82) is 0 Å². The third-order valence-electron chi connectivity index (χ3n) is 6.12. The molecule has 2 saturated heterocycles. The highest BCUT2D eigenvalue weighted by atomic mass is 19.2. The van der Waals surface area contributed by atoms with Gasteiger partial charge >= 0.3 is 0 Å². The molecule has 2 aliphatic rings. The molecule has 5 rings (SSSR count). The Kier molecular flexibility index (Phi) is 4.31. The van der Waals surface area contributed by atoms with Crippen LogP contribution in [-0.2, 0) is 6.54 Å². The van der Waals surface area contributed by atoms with Crippen LogP contribution in [0.3, 0.4) is 0 Å². The van der Waals surface area contributed by atoms with Gasteiger partial charge in [-0.15, -0.1) is 0 Å². The highest BCUT2D eigenvalue weighted by molar-refractivity contribution is 5.74. The van der Waals surface area contributed by atoms with E-state index in [1.54, 1.807) is 6.07 Å². The van der Waals surface area contributed by atoms with Crippen molar-refractivity contribution in [3.8, 4) is 0 Å². The molecule has 1 spiro atoms. The first-order valence-electron chi connectivity index (χ1n) is 9.87. The lowest BCUT2D eigenvalue weighted by atomic mass is 9.79. The lowest BCUT2D eigenvalue weighted by Gasteiger charge is -2.40. The number of benzene rings is 2. The van der Waals surface area contributed by atoms with Crippen LogP contribution in [0.25, 0.3) is 11.1 Å². The number of hydrogen-bond acceptors (Lipinski definition) is 4. The van der Waals surface area contributed by atoms with Crippen LogP contribution in [0.5, 0.6) is 0 Å². The third kappa shape index (κ3) is 3.26. The number of para-hydroxylation sites is 2. The fraction of sp³-hybridized carbons (Fsp3) is 0.409. The van der Waals surface area contributed by atoms with Gasteiger partial charge < -0.3 is 9.32 Å². The van der Waals surface area contributed by atoms with E-state index < -0.39 is 11.6 Å². The molecular weight excluding hydrogens is 360 g/mol. The molecule has 2 aliphatic heterocycles. The Labute approximate surface area is 162 Å². The highest BCUT2D eigenvalue weighted by Crippen LogP contribution is 2.41. The van der Waals surface area contributed by atoms with E-state index in [0.717, 1.165) is 55.7 Å². The van der Waals surface area contributed by atoms with Crippen LogP contribution in [-0.4, -0.2) is 36.1 Å². The van der Waals surface area contributed by atoms with Crippen molar-refractivity contribution in [1.82, 2.24) is 9.88 Å². The zero-order valence-electron chi connectivity index (χ0n) is 15.7. The molecule has 0 unspecified atom stereocenters. The molecular formula is C22H23F2N3O. The number of rotatable bonds is 3. The second-order valence-electron chi connectivity index (χ2n) is 8.20. The predicted molar refractivity (Wildman–Crippen MR) is 104 cm³/mol. The molecule has 0 aliphatic carbocycles. The number of hydrogen-bond donors (Lipinski definition) is 0. The number of likely N-dealkylation sites (tertiary alicyclic amines) is 1. The van der Waals surface area contributed by atoms with Crippen molar-refractivity contribution < 1.29 is 13.2 Å². The van der Waals surface area contributed by atoms with Crippen LogP contribution >= 0.6 is 0 Å². The molecule has 1 aromatic heterocycles. The molecule has 2 fully saturated rings. The van der Waals surface area contributed by atoms with Gasteiger partial charge in [0.1, 0.15) is 5.52 Å². The maximum atomic E-state index is 13.5. The van der Waals surface area contributed by atoms with E-state index in [4.69, 9.17) is 4.42 Å². The van der Waals surface area contributed by atoms with Crippen LogP contribution in [0, 0.1) is 17.0 Å². The van der Waals surface area contributed by atoms with Gasteiger partial charge in [-0.05, 0) is 55.6 Å². The van der Waals surface area contributed by atoms with E-state index in [9.17, 15) is 8.78 Å². The summed E-state index contributed by atoms with van der Waals surface area (Å²) in [5.74, 6) is -1.56. The summed E-state index contributed by atoms with van der Waals surface area (Å²) in [5, 5.41) is 0. The Hall–Kier alpha value is -2.47. The molecule has 0 radical (unpaired) electrons. The van der Waals surface area contributed by atoms with Crippen molar-refractivity contribution >= 4 is 17.1 Å². The molecule has 146 valence electrons. The molecule has 0 bridgehead atoms. The van der Waals surface area contributed by atoms with Gasteiger partial charge in [-0.25, -0.2) is 8.78 Å². The maximum Gasteiger partial charge on any atom is 0.298 e. The summed E-state index contributed by atoms with van der Waals surface area (Å²) in [7, 11) is 0. The first-order valence-corrected chi connectivity index (χ1v) is 9.87. The Morgan fingerprint density at radius 2 is 1.89 bits per heavy atom. The molecule has 3 heterocycles. The average Bonchev–Trinajstić information content (AvgIpc) is 3.29. The van der Waals surface area contributed by atoms with Crippen molar-refractivity contribution in [3.63, 3.8) is 0 Å². The maximum absolute atomic E-state index is 13.5. The summed E-state index contributed by atoms with van der Waals surface area (Å²) in [6, 6.07) is 12.8. The molecule has 0 N–H and O–H groups in total. The largest absolute Gasteiger partial charge is 0.423 e. The van der Waals surface area contributed by atoms with Crippen molar-refractivity contribution in [3.05, 3.63) is 59.7 Å². The number of halogens is 2. The zero-order chi connectivity index (χ0) is 19.1. The molecule has 0 amide bonds. The molecule has 28 heavy (non-hydrogen) atoms. The monoisotopic (exact) mass is 383 g/mol. The molecule has 4 nitrogen and oxygen atoms in total. The summed E-state index contributed by atoms with van der Waals surface area (Å²) in [4.78, 5) is 9.26. The fourth-order valence-corrected chi connectivity index (χ4v) is 4.77. The van der Waals surface area contributed by atoms with Gasteiger partial charge in [0.2, 0.25) is 0 Å². The molecule has 2 aromatic carbocycles. The van der Waals surface area contributed by atoms with Crippen LogP contribution in [0.1, 0.15) is 24.8 Å². The zero-order valence-corrected chi connectivity index (χ0v) is 15.7. The van der Waals surface area contributed by atoms with Crippen molar-refractivity contribution in [2.24, 2.45) is 5.41 Å². The molecule has 0 saturated carbocycles.